The molecule has 0 radical (unpaired) electrons. The van der Waals surface area contributed by atoms with Crippen LogP contribution in [0.15, 0.2) is 24.3 Å². The molecule has 7 heteroatoms. The van der Waals surface area contributed by atoms with Crippen molar-refractivity contribution in [2.45, 2.75) is 0 Å². The molecule has 0 aliphatic heterocycles. The molecule has 1 heterocycles. The van der Waals surface area contributed by atoms with Crippen LogP contribution in [0.25, 0.3) is 11.3 Å². The second-order valence-electron chi connectivity index (χ2n) is 3.49. The van der Waals surface area contributed by atoms with Crippen LogP contribution >= 0.6 is 11.6 Å². The number of aromatic carboxylic acids is 1. The molecule has 5 N–H and O–H groups in total. The maximum atomic E-state index is 11.1. The number of nitrogen functional groups attached to an aromatic ring is 2. The van der Waals surface area contributed by atoms with Gasteiger partial charge in [0.05, 0.1) is 5.56 Å². The van der Waals surface area contributed by atoms with E-state index in [-0.39, 0.29) is 28.0 Å². The van der Waals surface area contributed by atoms with E-state index in [1.165, 1.54) is 6.07 Å². The molecule has 0 unspecified atom stereocenters. The third-order valence-corrected chi connectivity index (χ3v) is 2.53. The Morgan fingerprint density at radius 2 is 1.89 bits per heavy atom. The Kier molecular flexibility index (Phi) is 3.03. The van der Waals surface area contributed by atoms with Gasteiger partial charge in [-0.1, -0.05) is 18.2 Å². The van der Waals surface area contributed by atoms with Crippen molar-refractivity contribution in [1.29, 1.82) is 0 Å². The van der Waals surface area contributed by atoms with Crippen LogP contribution in [0.4, 0.5) is 11.5 Å². The monoisotopic (exact) mass is 264 g/mol. The fourth-order valence-corrected chi connectivity index (χ4v) is 1.72. The van der Waals surface area contributed by atoms with E-state index < -0.39 is 5.97 Å². The van der Waals surface area contributed by atoms with Crippen LogP contribution in [0, 0.1) is 0 Å². The molecule has 1 aromatic heterocycles. The zero-order valence-electron chi connectivity index (χ0n) is 9.09. The minimum atomic E-state index is -1.08. The number of aromatic nitrogens is 2. The van der Waals surface area contributed by atoms with Gasteiger partial charge in [0, 0.05) is 5.56 Å². The lowest BCUT2D eigenvalue weighted by atomic mass is 10.0. The summed E-state index contributed by atoms with van der Waals surface area (Å²) in [5.41, 5.74) is 12.1. The number of anilines is 2. The predicted molar refractivity (Wildman–Crippen MR) is 68.3 cm³/mol. The van der Waals surface area contributed by atoms with E-state index in [0.29, 0.717) is 5.56 Å². The van der Waals surface area contributed by atoms with Gasteiger partial charge in [-0.2, -0.15) is 4.98 Å². The molecular formula is C11H9ClN4O2. The highest BCUT2D eigenvalue weighted by Crippen LogP contribution is 2.30. The maximum Gasteiger partial charge on any atom is 0.336 e. The first-order valence-electron chi connectivity index (χ1n) is 4.92. The van der Waals surface area contributed by atoms with Crippen molar-refractivity contribution < 1.29 is 9.90 Å². The molecule has 0 fully saturated rings. The van der Waals surface area contributed by atoms with E-state index in [1.807, 2.05) is 0 Å². The quantitative estimate of drug-likeness (QED) is 0.711. The highest BCUT2D eigenvalue weighted by Gasteiger charge is 2.17. The van der Waals surface area contributed by atoms with Crippen LogP contribution < -0.4 is 11.5 Å². The Labute approximate surface area is 107 Å². The molecule has 0 aliphatic carbocycles. The average Bonchev–Trinajstić information content (AvgIpc) is 2.33. The molecule has 0 atom stereocenters. The topological polar surface area (TPSA) is 115 Å². The largest absolute Gasteiger partial charge is 0.478 e. The summed E-state index contributed by atoms with van der Waals surface area (Å²) in [7, 11) is 0. The molecule has 1 aromatic carbocycles. The Bertz CT molecular complexity index is 630. The third kappa shape index (κ3) is 2.05. The number of halogens is 1. The molecule has 0 aliphatic rings. The van der Waals surface area contributed by atoms with Gasteiger partial charge < -0.3 is 16.6 Å². The van der Waals surface area contributed by atoms with Crippen molar-refractivity contribution in [2.75, 3.05) is 11.5 Å². The van der Waals surface area contributed by atoms with Gasteiger partial charge in [0.25, 0.3) is 0 Å². The predicted octanol–water partition coefficient (Wildman–Crippen LogP) is 1.66. The van der Waals surface area contributed by atoms with Gasteiger partial charge in [0.1, 0.15) is 11.4 Å². The number of carbonyl (C=O) groups is 1. The van der Waals surface area contributed by atoms with Crippen molar-refractivity contribution in [1.82, 2.24) is 9.97 Å². The lowest BCUT2D eigenvalue weighted by Crippen LogP contribution is -2.06. The summed E-state index contributed by atoms with van der Waals surface area (Å²) in [5.74, 6) is -1.07. The first-order chi connectivity index (χ1) is 8.50. The van der Waals surface area contributed by atoms with Crippen LogP contribution in [0.5, 0.6) is 0 Å². The van der Waals surface area contributed by atoms with Crippen molar-refractivity contribution >= 4 is 29.1 Å². The van der Waals surface area contributed by atoms with Crippen LogP contribution in [0.1, 0.15) is 10.4 Å². The summed E-state index contributed by atoms with van der Waals surface area (Å²) in [5, 5.41) is 9.02. The molecule has 2 aromatic rings. The smallest absolute Gasteiger partial charge is 0.336 e. The molecule has 18 heavy (non-hydrogen) atoms. The van der Waals surface area contributed by atoms with Crippen molar-refractivity contribution in [3.05, 3.63) is 35.1 Å². The summed E-state index contributed by atoms with van der Waals surface area (Å²) < 4.78 is 0. The average molecular weight is 265 g/mol. The van der Waals surface area contributed by atoms with Crippen LogP contribution in [0.3, 0.4) is 0 Å². The second-order valence-corrected chi connectivity index (χ2v) is 3.83. The SMILES string of the molecule is Nc1nc(Cl)nc(-c2ccccc2C(=O)O)c1N. The van der Waals surface area contributed by atoms with E-state index in [1.54, 1.807) is 18.2 Å². The number of carboxylic acids is 1. The van der Waals surface area contributed by atoms with E-state index >= 15 is 0 Å². The van der Waals surface area contributed by atoms with Crippen LogP contribution in [-0.2, 0) is 0 Å². The Morgan fingerprint density at radius 1 is 1.22 bits per heavy atom. The highest BCUT2D eigenvalue weighted by molar-refractivity contribution is 6.28. The minimum Gasteiger partial charge on any atom is -0.478 e. The second kappa shape index (κ2) is 4.50. The number of hydrogen-bond donors (Lipinski definition) is 3. The normalized spacial score (nSPS) is 10.3. The van der Waals surface area contributed by atoms with Gasteiger partial charge in [-0.3, -0.25) is 0 Å². The van der Waals surface area contributed by atoms with Gasteiger partial charge in [-0.25, -0.2) is 9.78 Å². The number of nitrogens with two attached hydrogens (primary N) is 2. The third-order valence-electron chi connectivity index (χ3n) is 2.36. The summed E-state index contributed by atoms with van der Waals surface area (Å²) in [6.45, 7) is 0. The number of carboxylic acid groups (broad SMARTS) is 1. The van der Waals surface area contributed by atoms with Gasteiger partial charge in [0.15, 0.2) is 5.82 Å². The Hall–Kier alpha value is -2.34. The Morgan fingerprint density at radius 3 is 2.56 bits per heavy atom. The standard InChI is InChI=1S/C11H9ClN4O2/c12-11-15-8(7(13)9(14)16-11)5-3-1-2-4-6(5)10(17)18/h1-4H,13H2,(H,17,18)(H2,14,15,16). The molecular weight excluding hydrogens is 256 g/mol. The van der Waals surface area contributed by atoms with E-state index in [0.717, 1.165) is 0 Å². The molecule has 0 saturated carbocycles. The molecule has 2 rings (SSSR count). The van der Waals surface area contributed by atoms with Gasteiger partial charge in [-0.15, -0.1) is 0 Å². The van der Waals surface area contributed by atoms with Crippen LogP contribution in [-0.4, -0.2) is 21.0 Å². The fraction of sp³-hybridized carbons (Fsp3) is 0. The van der Waals surface area contributed by atoms with Gasteiger partial charge in [-0.05, 0) is 17.7 Å². The first-order valence-corrected chi connectivity index (χ1v) is 5.29. The number of rotatable bonds is 2. The van der Waals surface area contributed by atoms with Gasteiger partial charge >= 0.3 is 5.97 Å². The molecule has 0 spiro atoms. The van der Waals surface area contributed by atoms with Crippen LogP contribution in [0.2, 0.25) is 5.28 Å². The fourth-order valence-electron chi connectivity index (χ4n) is 1.54. The van der Waals surface area contributed by atoms with Crippen molar-refractivity contribution in [3.63, 3.8) is 0 Å². The lowest BCUT2D eigenvalue weighted by Gasteiger charge is -2.09. The van der Waals surface area contributed by atoms with E-state index in [4.69, 9.17) is 28.2 Å². The van der Waals surface area contributed by atoms with Crippen molar-refractivity contribution in [2.24, 2.45) is 0 Å². The highest BCUT2D eigenvalue weighted by atomic mass is 35.5. The van der Waals surface area contributed by atoms with E-state index in [2.05, 4.69) is 9.97 Å². The number of hydrogen-bond acceptors (Lipinski definition) is 5. The van der Waals surface area contributed by atoms with E-state index in [9.17, 15) is 4.79 Å². The Balaban J connectivity index is 2.73. The first kappa shape index (κ1) is 12.1. The number of nitrogens with zero attached hydrogens (tertiary/aromatic N) is 2. The zero-order valence-corrected chi connectivity index (χ0v) is 9.85. The zero-order chi connectivity index (χ0) is 13.3. The minimum absolute atomic E-state index is 0.0187. The molecule has 92 valence electrons. The summed E-state index contributed by atoms with van der Waals surface area (Å²) in [6.07, 6.45) is 0. The van der Waals surface area contributed by atoms with Gasteiger partial charge in [0.2, 0.25) is 5.28 Å². The summed E-state index contributed by atoms with van der Waals surface area (Å²) in [6, 6.07) is 6.31. The number of benzene rings is 1. The molecule has 6 nitrogen and oxygen atoms in total. The van der Waals surface area contributed by atoms with Crippen molar-refractivity contribution in [3.8, 4) is 11.3 Å². The lowest BCUT2D eigenvalue weighted by molar-refractivity contribution is 0.0697. The molecule has 0 saturated heterocycles. The molecule has 0 bridgehead atoms. The molecule has 0 amide bonds. The summed E-state index contributed by atoms with van der Waals surface area (Å²) in [4.78, 5) is 18.8. The maximum absolute atomic E-state index is 11.1. The summed E-state index contributed by atoms with van der Waals surface area (Å²) >= 11 is 5.70.